The van der Waals surface area contributed by atoms with Crippen molar-refractivity contribution in [3.05, 3.63) is 128 Å². The molecule has 0 saturated heterocycles. The van der Waals surface area contributed by atoms with Gasteiger partial charge in [0.05, 0.1) is 12.5 Å². The molecular weight excluding hydrogens is 909 g/mol. The first-order valence-electron chi connectivity index (χ1n) is 14.4. The number of alkyl halides is 6. The molecule has 324 valence electrons. The summed E-state index contributed by atoms with van der Waals surface area (Å²) in [4.78, 5) is 0. The minimum atomic E-state index is -7.22. The molecule has 0 spiro atoms. The lowest BCUT2D eigenvalue weighted by Crippen LogP contribution is -2.81. The van der Waals surface area contributed by atoms with Crippen LogP contribution in [0.1, 0.15) is 0 Å². The Morgan fingerprint density at radius 2 is 0.492 bits per heavy atom. The fourth-order valence-electron chi connectivity index (χ4n) is 5.52. The molecule has 0 nitrogen and oxygen atoms in total. The van der Waals surface area contributed by atoms with Crippen LogP contribution >= 0.6 is 0 Å². The summed E-state index contributed by atoms with van der Waals surface area (Å²) in [5.41, 5.74) is -16.7. The van der Waals surface area contributed by atoms with Gasteiger partial charge in [-0.1, -0.05) is 0 Å². The van der Waals surface area contributed by atoms with Gasteiger partial charge in [-0.05, 0) is 17.0 Å². The van der Waals surface area contributed by atoms with Crippen molar-refractivity contribution in [3.8, 4) is 0 Å². The maximum absolute atomic E-state index is 15.4. The van der Waals surface area contributed by atoms with Crippen LogP contribution in [0.25, 0.3) is 0 Å². The van der Waals surface area contributed by atoms with E-state index in [1.54, 1.807) is 12.5 Å². The van der Waals surface area contributed by atoms with Gasteiger partial charge in [0.15, 0.2) is 69.8 Å². The fraction of sp³-hybridized carbons (Fsp3) is 0.161. The summed E-state index contributed by atoms with van der Waals surface area (Å²) in [6.45, 7) is 0. The van der Waals surface area contributed by atoms with Crippen LogP contribution in [0.15, 0.2) is 11.6 Å². The fourth-order valence-corrected chi connectivity index (χ4v) is 6.02. The van der Waals surface area contributed by atoms with Gasteiger partial charge >= 0.3 is 12.4 Å². The number of halogens is 26. The Labute approximate surface area is 312 Å². The van der Waals surface area contributed by atoms with E-state index in [4.69, 9.17) is 0 Å². The van der Waals surface area contributed by atoms with Crippen molar-refractivity contribution in [2.24, 2.45) is 0 Å². The van der Waals surface area contributed by atoms with E-state index < -0.39 is 173 Å². The van der Waals surface area contributed by atoms with Crippen LogP contribution in [-0.2, 0) is 10.9 Å². The predicted octanol–water partition coefficient (Wildman–Crippen LogP) is 8.76. The van der Waals surface area contributed by atoms with Crippen LogP contribution in [0.4, 0.5) is 114 Å². The van der Waals surface area contributed by atoms with E-state index in [9.17, 15) is 79.0 Å². The van der Waals surface area contributed by atoms with Crippen molar-refractivity contribution in [2.75, 3.05) is 18.3 Å². The molecule has 0 aromatic heterocycles. The largest absolute Gasteiger partial charge is 0.421 e. The first-order valence-corrected chi connectivity index (χ1v) is 16.6. The summed E-state index contributed by atoms with van der Waals surface area (Å²) in [5, 5.41) is 0. The minimum Gasteiger partial charge on any atom is -0.207 e. The molecule has 0 aliphatic heterocycles. The molecule has 0 saturated carbocycles. The van der Waals surface area contributed by atoms with Crippen LogP contribution in [0.3, 0.4) is 0 Å². The summed E-state index contributed by atoms with van der Waals surface area (Å²) >= 11 is 0. The average molecular weight is 918 g/mol. The summed E-state index contributed by atoms with van der Waals surface area (Å²) in [6.07, 6.45) is -14.5. The Bertz CT molecular complexity index is 1960. The quantitative estimate of drug-likeness (QED) is 0.0454. The predicted molar refractivity (Wildman–Crippen MR) is 153 cm³/mol. The molecular formula is C31H9BF26S. The zero-order valence-corrected chi connectivity index (χ0v) is 28.4. The van der Waals surface area contributed by atoms with Crippen molar-refractivity contribution in [1.29, 1.82) is 0 Å². The Morgan fingerprint density at radius 3 is 0.627 bits per heavy atom. The Kier molecular flexibility index (Phi) is 13.7. The van der Waals surface area contributed by atoms with Crippen molar-refractivity contribution in [1.82, 2.24) is 0 Å². The van der Waals surface area contributed by atoms with E-state index in [2.05, 4.69) is 0 Å². The SMILES string of the molecule is C[S+](C)CC=C(C(F)(F)F)C(F)(F)F.Fc1c(F)c(F)c([B-](c2c(F)c(F)c(F)c(F)c2F)(c2c(F)c(F)c(F)c(F)c2F)c2c(F)c(F)c(F)c(F)c2F)c(F)c1F. The van der Waals surface area contributed by atoms with Gasteiger partial charge in [0.25, 0.3) is 0 Å². The van der Waals surface area contributed by atoms with Crippen LogP contribution in [0.2, 0.25) is 0 Å². The molecule has 4 rings (SSSR count). The number of rotatable bonds is 6. The van der Waals surface area contributed by atoms with E-state index in [1.807, 2.05) is 0 Å². The van der Waals surface area contributed by atoms with E-state index in [0.717, 1.165) is 0 Å². The minimum absolute atomic E-state index is 0.211. The van der Waals surface area contributed by atoms with Gasteiger partial charge in [0, 0.05) is 0 Å². The molecule has 0 radical (unpaired) electrons. The second-order valence-corrected chi connectivity index (χ2v) is 13.9. The van der Waals surface area contributed by atoms with Gasteiger partial charge < -0.3 is 0 Å². The third-order valence-electron chi connectivity index (χ3n) is 7.94. The van der Waals surface area contributed by atoms with Crippen molar-refractivity contribution in [3.63, 3.8) is 0 Å². The van der Waals surface area contributed by atoms with E-state index >= 15 is 35.1 Å². The molecule has 0 aliphatic rings. The monoisotopic (exact) mass is 918 g/mol. The molecule has 0 atom stereocenters. The highest BCUT2D eigenvalue weighted by atomic mass is 32.2. The molecule has 0 aliphatic carbocycles. The summed E-state index contributed by atoms with van der Waals surface area (Å²) in [5.74, 6) is -71.6. The molecule has 59 heavy (non-hydrogen) atoms. The van der Waals surface area contributed by atoms with Gasteiger partial charge in [-0.3, -0.25) is 0 Å². The maximum atomic E-state index is 15.4. The third-order valence-corrected chi connectivity index (χ3v) is 8.77. The number of hydrogen-bond donors (Lipinski definition) is 0. The number of allylic oxidation sites excluding steroid dienone is 1. The van der Waals surface area contributed by atoms with Gasteiger partial charge in [0.2, 0.25) is 0 Å². The Morgan fingerprint density at radius 1 is 0.339 bits per heavy atom. The van der Waals surface area contributed by atoms with E-state index in [1.165, 1.54) is 0 Å². The summed E-state index contributed by atoms with van der Waals surface area (Å²) in [6, 6.07) is 0. The van der Waals surface area contributed by atoms with E-state index in [-0.39, 0.29) is 11.8 Å². The molecule has 0 bridgehead atoms. The zero-order valence-electron chi connectivity index (χ0n) is 27.6. The first-order chi connectivity index (χ1) is 26.8. The lowest BCUT2D eigenvalue weighted by Gasteiger charge is -2.44. The lowest BCUT2D eigenvalue weighted by molar-refractivity contribution is -0.172. The second kappa shape index (κ2) is 16.7. The third kappa shape index (κ3) is 7.98. The van der Waals surface area contributed by atoms with Gasteiger partial charge in [0.1, 0.15) is 64.0 Å². The van der Waals surface area contributed by atoms with Gasteiger partial charge in [-0.2, -0.15) is 26.3 Å². The molecule has 0 unspecified atom stereocenters. The number of hydrogen-bond acceptors (Lipinski definition) is 0. The van der Waals surface area contributed by atoms with Crippen LogP contribution in [0.5, 0.6) is 0 Å². The molecule has 28 heteroatoms. The molecule has 0 fully saturated rings. The van der Waals surface area contributed by atoms with Crippen LogP contribution < -0.4 is 21.9 Å². The lowest BCUT2D eigenvalue weighted by atomic mass is 9.12. The summed E-state index contributed by atoms with van der Waals surface area (Å²) in [7, 11) is -0.482. The highest BCUT2D eigenvalue weighted by molar-refractivity contribution is 7.95. The van der Waals surface area contributed by atoms with Crippen molar-refractivity contribution in [2.45, 2.75) is 12.4 Å². The molecule has 0 amide bonds. The van der Waals surface area contributed by atoms with Crippen molar-refractivity contribution < 1.29 is 114 Å². The topological polar surface area (TPSA) is 0 Å². The summed E-state index contributed by atoms with van der Waals surface area (Å²) < 4.78 is 365. The Hall–Kier alpha value is -4.79. The molecule has 0 N–H and O–H groups in total. The standard InChI is InChI=1S/C24BF20.C7H9F6S/c26-5-1(6(27)14(35)21(42)13(5)34)25(2-7(28)15(36)22(43)16(37)8(2)29,3-9(30)17(38)23(44)18(39)10(3)31)4-11(32)19(40)24(45)20(41)12(4)33;1-14(2)4-3-5(6(8,9)10)7(11,12)13/h;3H,4H2,1-2H3/q-1;+1. The second-order valence-electron chi connectivity index (χ2n) is 11.6. The van der Waals surface area contributed by atoms with Crippen LogP contribution in [-0.4, -0.2) is 36.8 Å². The highest BCUT2D eigenvalue weighted by Crippen LogP contribution is 2.38. The van der Waals surface area contributed by atoms with Gasteiger partial charge in [-0.15, -0.1) is 21.9 Å². The molecule has 0 heterocycles. The zero-order chi connectivity index (χ0) is 45.9. The highest BCUT2D eigenvalue weighted by Gasteiger charge is 2.53. The molecule has 4 aromatic rings. The maximum Gasteiger partial charge on any atom is 0.421 e. The van der Waals surface area contributed by atoms with Crippen molar-refractivity contribution >= 4 is 38.9 Å². The Balaban J connectivity index is 0.000000567. The smallest absolute Gasteiger partial charge is 0.207 e. The van der Waals surface area contributed by atoms with Gasteiger partial charge in [-0.25, -0.2) is 87.8 Å². The average Bonchev–Trinajstić information content (AvgIpc) is 3.13. The normalized spacial score (nSPS) is 12.3. The molecule has 4 aromatic carbocycles. The van der Waals surface area contributed by atoms with Crippen LogP contribution in [0, 0.1) is 116 Å². The number of benzene rings is 4. The first kappa shape index (κ1) is 48.6. The van der Waals surface area contributed by atoms with E-state index in [0.29, 0.717) is 0 Å².